The van der Waals surface area contributed by atoms with Crippen LogP contribution in [0.5, 0.6) is 0 Å². The summed E-state index contributed by atoms with van der Waals surface area (Å²) in [4.78, 5) is 11.0. The number of unbranched alkanes of at least 4 members (excludes halogenated alkanes) is 1. The minimum Gasteiger partial charge on any atom is -0.456 e. The normalized spacial score (nSPS) is 25.2. The maximum atomic E-state index is 11.0. The van der Waals surface area contributed by atoms with Crippen LogP contribution in [-0.4, -0.2) is 45.7 Å². The molecule has 1 rings (SSSR count). The number of hydrogen-bond donors (Lipinski definition) is 3. The maximum Gasteiger partial charge on any atom is 0.330 e. The van der Waals surface area contributed by atoms with E-state index < -0.39 is 30.4 Å². The molecule has 0 saturated heterocycles. The topological polar surface area (TPSA) is 87.0 Å². The minimum absolute atomic E-state index is 0.352. The summed E-state index contributed by atoms with van der Waals surface area (Å²) in [6, 6.07) is 0. The van der Waals surface area contributed by atoms with Crippen molar-refractivity contribution in [1.29, 1.82) is 0 Å². The molecular weight excluding hydrogens is 224 g/mol. The zero-order chi connectivity index (χ0) is 12.8. The van der Waals surface area contributed by atoms with Gasteiger partial charge in [0.25, 0.3) is 0 Å². The van der Waals surface area contributed by atoms with Gasteiger partial charge in [-0.3, -0.25) is 0 Å². The molecule has 0 aliphatic carbocycles. The van der Waals surface area contributed by atoms with Gasteiger partial charge in [-0.1, -0.05) is 25.8 Å². The van der Waals surface area contributed by atoms with E-state index in [1.807, 2.05) is 6.92 Å². The molecule has 0 unspecified atom stereocenters. The number of esters is 1. The first kappa shape index (κ1) is 14.2. The lowest BCUT2D eigenvalue weighted by atomic mass is 9.97. The molecule has 98 valence electrons. The highest BCUT2D eigenvalue weighted by Gasteiger charge is 2.33. The highest BCUT2D eigenvalue weighted by molar-refractivity contribution is 5.82. The predicted molar refractivity (Wildman–Crippen MR) is 61.2 cm³/mol. The van der Waals surface area contributed by atoms with Crippen LogP contribution in [0.1, 0.15) is 32.6 Å². The molecule has 0 amide bonds. The summed E-state index contributed by atoms with van der Waals surface area (Å²) in [6.45, 7) is 1.98. The Bertz CT molecular complexity index is 276. The third-order valence-electron chi connectivity index (χ3n) is 2.87. The number of cyclic esters (lactones) is 1. The molecule has 1 aliphatic heterocycles. The van der Waals surface area contributed by atoms with Crippen molar-refractivity contribution in [1.82, 2.24) is 0 Å². The van der Waals surface area contributed by atoms with Crippen LogP contribution in [0.25, 0.3) is 0 Å². The molecule has 17 heavy (non-hydrogen) atoms. The largest absolute Gasteiger partial charge is 0.456 e. The zero-order valence-corrected chi connectivity index (χ0v) is 9.95. The quantitative estimate of drug-likeness (QED) is 0.578. The highest BCUT2D eigenvalue weighted by atomic mass is 16.6. The van der Waals surface area contributed by atoms with Crippen molar-refractivity contribution >= 4 is 5.97 Å². The van der Waals surface area contributed by atoms with Gasteiger partial charge in [-0.15, -0.1) is 0 Å². The lowest BCUT2D eigenvalue weighted by molar-refractivity contribution is -0.161. The number of carbonyl (C=O) groups excluding carboxylic acids is 1. The van der Waals surface area contributed by atoms with Gasteiger partial charge in [-0.05, 0) is 6.42 Å². The van der Waals surface area contributed by atoms with Gasteiger partial charge in [0.1, 0.15) is 18.3 Å². The third kappa shape index (κ3) is 4.11. The Morgan fingerprint density at radius 1 is 1.47 bits per heavy atom. The summed E-state index contributed by atoms with van der Waals surface area (Å²) in [7, 11) is 0. The molecule has 1 aliphatic rings. The first-order valence-corrected chi connectivity index (χ1v) is 5.97. The van der Waals surface area contributed by atoms with Crippen LogP contribution in [0.15, 0.2) is 12.2 Å². The molecular formula is C12H20O5. The van der Waals surface area contributed by atoms with Crippen LogP contribution >= 0.6 is 0 Å². The van der Waals surface area contributed by atoms with Crippen LogP contribution < -0.4 is 0 Å². The third-order valence-corrected chi connectivity index (χ3v) is 2.87. The average molecular weight is 244 g/mol. The average Bonchev–Trinajstić information content (AvgIpc) is 2.34. The maximum absolute atomic E-state index is 11.0. The smallest absolute Gasteiger partial charge is 0.330 e. The van der Waals surface area contributed by atoms with Gasteiger partial charge in [0, 0.05) is 12.5 Å². The van der Waals surface area contributed by atoms with E-state index in [9.17, 15) is 20.1 Å². The fourth-order valence-electron chi connectivity index (χ4n) is 1.78. The molecule has 3 N–H and O–H groups in total. The van der Waals surface area contributed by atoms with Crippen LogP contribution in [0, 0.1) is 0 Å². The van der Waals surface area contributed by atoms with Crippen molar-refractivity contribution in [3.63, 3.8) is 0 Å². The van der Waals surface area contributed by atoms with Gasteiger partial charge in [-0.2, -0.15) is 0 Å². The van der Waals surface area contributed by atoms with E-state index in [2.05, 4.69) is 0 Å². The zero-order valence-electron chi connectivity index (χ0n) is 9.95. The fraction of sp³-hybridized carbons (Fsp3) is 0.750. The van der Waals surface area contributed by atoms with Crippen LogP contribution in [0.2, 0.25) is 0 Å². The molecule has 0 saturated carbocycles. The van der Waals surface area contributed by atoms with E-state index in [1.54, 1.807) is 6.08 Å². The monoisotopic (exact) mass is 244 g/mol. The Labute approximate surface area is 101 Å². The van der Waals surface area contributed by atoms with E-state index in [4.69, 9.17) is 4.74 Å². The fourth-order valence-corrected chi connectivity index (χ4v) is 1.78. The minimum atomic E-state index is -1.29. The van der Waals surface area contributed by atoms with Crippen LogP contribution in [-0.2, 0) is 9.53 Å². The predicted octanol–water partition coefficient (Wildman–Crippen LogP) is 0.131. The number of aliphatic hydroxyl groups is 3. The van der Waals surface area contributed by atoms with Crippen molar-refractivity contribution in [2.24, 2.45) is 0 Å². The van der Waals surface area contributed by atoms with Gasteiger partial charge >= 0.3 is 5.97 Å². The van der Waals surface area contributed by atoms with Gasteiger partial charge < -0.3 is 20.1 Å². The molecule has 0 radical (unpaired) electrons. The Morgan fingerprint density at radius 2 is 2.18 bits per heavy atom. The van der Waals surface area contributed by atoms with E-state index in [-0.39, 0.29) is 0 Å². The molecule has 4 atom stereocenters. The van der Waals surface area contributed by atoms with Gasteiger partial charge in [-0.25, -0.2) is 4.79 Å². The van der Waals surface area contributed by atoms with Gasteiger partial charge in [0.2, 0.25) is 0 Å². The molecule has 0 fully saturated rings. The van der Waals surface area contributed by atoms with Crippen molar-refractivity contribution in [2.75, 3.05) is 0 Å². The van der Waals surface area contributed by atoms with E-state index in [1.165, 1.54) is 6.08 Å². The van der Waals surface area contributed by atoms with E-state index in [0.29, 0.717) is 12.8 Å². The lowest BCUT2D eigenvalue weighted by Crippen LogP contribution is -2.46. The van der Waals surface area contributed by atoms with Gasteiger partial charge in [0.05, 0.1) is 6.10 Å². The number of rotatable bonds is 6. The summed E-state index contributed by atoms with van der Waals surface area (Å²) in [5.74, 6) is -0.532. The van der Waals surface area contributed by atoms with Crippen molar-refractivity contribution < 1.29 is 24.9 Å². The summed E-state index contributed by atoms with van der Waals surface area (Å²) in [5, 5.41) is 29.2. The summed E-state index contributed by atoms with van der Waals surface area (Å²) < 4.78 is 4.88. The summed E-state index contributed by atoms with van der Waals surface area (Å²) >= 11 is 0. The number of aliphatic hydroxyl groups excluding tert-OH is 3. The van der Waals surface area contributed by atoms with Crippen molar-refractivity contribution in [3.05, 3.63) is 12.2 Å². The Morgan fingerprint density at radius 3 is 2.76 bits per heavy atom. The molecule has 5 heteroatoms. The first-order chi connectivity index (χ1) is 8.06. The Hall–Kier alpha value is -0.910. The second kappa shape index (κ2) is 6.74. The standard InChI is InChI=1S/C12H20O5/c1-2-3-5-8(13)11(15)12(16)9-6-4-7-10(14)17-9/h4,7-9,11-13,15-16H,2-3,5-6H2,1H3/t8-,9+,11+,12+/m0/s1. The number of hydrogen-bond acceptors (Lipinski definition) is 5. The summed E-state index contributed by atoms with van der Waals surface area (Å²) in [6.07, 6.45) is 1.01. The Balaban J connectivity index is 2.47. The van der Waals surface area contributed by atoms with Crippen molar-refractivity contribution in [2.45, 2.75) is 57.0 Å². The molecule has 1 heterocycles. The second-order valence-corrected chi connectivity index (χ2v) is 4.30. The molecule has 0 bridgehead atoms. The lowest BCUT2D eigenvalue weighted by Gasteiger charge is -2.29. The SMILES string of the molecule is CCCC[C@H](O)[C@@H](O)[C@H](O)[C@H]1CC=CC(=O)O1. The van der Waals surface area contributed by atoms with Gasteiger partial charge in [0.15, 0.2) is 0 Å². The molecule has 0 aromatic rings. The van der Waals surface area contributed by atoms with Crippen LogP contribution in [0.3, 0.4) is 0 Å². The van der Waals surface area contributed by atoms with Crippen LogP contribution in [0.4, 0.5) is 0 Å². The summed E-state index contributed by atoms with van der Waals surface area (Å²) in [5.41, 5.74) is 0. The van der Waals surface area contributed by atoms with E-state index in [0.717, 1.165) is 12.8 Å². The molecule has 0 aromatic heterocycles. The van der Waals surface area contributed by atoms with E-state index >= 15 is 0 Å². The molecule has 0 spiro atoms. The molecule has 0 aromatic carbocycles. The van der Waals surface area contributed by atoms with Crippen molar-refractivity contribution in [3.8, 4) is 0 Å². The highest BCUT2D eigenvalue weighted by Crippen LogP contribution is 2.17. The Kier molecular flexibility index (Phi) is 5.61. The number of carbonyl (C=O) groups is 1. The molecule has 5 nitrogen and oxygen atoms in total. The number of ether oxygens (including phenoxy) is 1. The second-order valence-electron chi connectivity index (χ2n) is 4.30. The first-order valence-electron chi connectivity index (χ1n) is 5.97.